The minimum absolute atomic E-state index is 0.468. The van der Waals surface area contributed by atoms with E-state index in [1.165, 1.54) is 0 Å². The zero-order valence-electron chi connectivity index (χ0n) is 10.4. The second kappa shape index (κ2) is 6.55. The first-order valence-electron chi connectivity index (χ1n) is 5.91. The molecule has 100 valence electrons. The van der Waals surface area contributed by atoms with E-state index >= 15 is 0 Å². The van der Waals surface area contributed by atoms with E-state index in [1.807, 2.05) is 42.5 Å². The van der Waals surface area contributed by atoms with Gasteiger partial charge in [0, 0.05) is 14.5 Å². The molecule has 1 atom stereocenters. The smallest absolute Gasteiger partial charge is 0.126 e. The molecule has 2 aromatic carbocycles. The molecule has 1 N–H and O–H groups in total. The van der Waals surface area contributed by atoms with Crippen LogP contribution in [0.3, 0.4) is 0 Å². The maximum absolute atomic E-state index is 9.73. The van der Waals surface area contributed by atoms with Gasteiger partial charge in [-0.25, -0.2) is 0 Å². The van der Waals surface area contributed by atoms with Crippen LogP contribution < -0.4 is 4.74 Å². The molecule has 4 heteroatoms. The topological polar surface area (TPSA) is 29.5 Å². The third kappa shape index (κ3) is 4.06. The second-order valence-electron chi connectivity index (χ2n) is 4.28. The Morgan fingerprint density at radius 1 is 1.11 bits per heavy atom. The standard InChI is InChI=1S/C15H14Br2O2/c1-10(18)14-6-5-13(17)8-15(14)19-9-11-3-2-4-12(16)7-11/h2-8,10,18H,9H2,1H3/t10-/m0/s1. The van der Waals surface area contributed by atoms with Gasteiger partial charge in [-0.3, -0.25) is 0 Å². The summed E-state index contributed by atoms with van der Waals surface area (Å²) in [4.78, 5) is 0. The van der Waals surface area contributed by atoms with E-state index in [-0.39, 0.29) is 0 Å². The zero-order valence-corrected chi connectivity index (χ0v) is 13.6. The number of aliphatic hydroxyl groups is 1. The molecule has 0 unspecified atom stereocenters. The Labute approximate surface area is 129 Å². The van der Waals surface area contributed by atoms with Crippen LogP contribution in [0.1, 0.15) is 24.2 Å². The van der Waals surface area contributed by atoms with Crippen molar-refractivity contribution in [3.63, 3.8) is 0 Å². The predicted octanol–water partition coefficient (Wildman–Crippen LogP) is 4.84. The van der Waals surface area contributed by atoms with Crippen LogP contribution in [0, 0.1) is 0 Å². The van der Waals surface area contributed by atoms with Gasteiger partial charge in [0.25, 0.3) is 0 Å². The van der Waals surface area contributed by atoms with Crippen molar-refractivity contribution in [2.24, 2.45) is 0 Å². The van der Waals surface area contributed by atoms with Gasteiger partial charge in [-0.2, -0.15) is 0 Å². The number of aliphatic hydroxyl groups excluding tert-OH is 1. The number of rotatable bonds is 4. The molecule has 0 aliphatic heterocycles. The van der Waals surface area contributed by atoms with Gasteiger partial charge in [0.1, 0.15) is 12.4 Å². The fourth-order valence-corrected chi connectivity index (χ4v) is 2.55. The lowest BCUT2D eigenvalue weighted by Gasteiger charge is -2.14. The van der Waals surface area contributed by atoms with Crippen molar-refractivity contribution in [3.05, 3.63) is 62.5 Å². The van der Waals surface area contributed by atoms with Gasteiger partial charge in [-0.1, -0.05) is 50.1 Å². The highest BCUT2D eigenvalue weighted by atomic mass is 79.9. The molecule has 2 rings (SSSR count). The number of halogens is 2. The van der Waals surface area contributed by atoms with Crippen LogP contribution >= 0.6 is 31.9 Å². The molecule has 2 aromatic rings. The molecule has 0 spiro atoms. The van der Waals surface area contributed by atoms with E-state index in [0.29, 0.717) is 12.4 Å². The van der Waals surface area contributed by atoms with Crippen LogP contribution in [0.4, 0.5) is 0 Å². The summed E-state index contributed by atoms with van der Waals surface area (Å²) in [5.41, 5.74) is 1.86. The van der Waals surface area contributed by atoms with E-state index in [0.717, 1.165) is 20.1 Å². The lowest BCUT2D eigenvalue weighted by atomic mass is 10.1. The Morgan fingerprint density at radius 3 is 2.53 bits per heavy atom. The maximum atomic E-state index is 9.73. The Hall–Kier alpha value is -0.840. The van der Waals surface area contributed by atoms with E-state index in [2.05, 4.69) is 31.9 Å². The minimum atomic E-state index is -0.550. The molecular formula is C15H14Br2O2. The summed E-state index contributed by atoms with van der Waals surface area (Å²) < 4.78 is 7.77. The normalized spacial score (nSPS) is 12.2. The number of ether oxygens (including phenoxy) is 1. The summed E-state index contributed by atoms with van der Waals surface area (Å²) in [5, 5.41) is 9.73. The summed E-state index contributed by atoms with van der Waals surface area (Å²) in [5.74, 6) is 0.698. The summed E-state index contributed by atoms with van der Waals surface area (Å²) in [7, 11) is 0. The first-order chi connectivity index (χ1) is 9.06. The van der Waals surface area contributed by atoms with Crippen molar-refractivity contribution >= 4 is 31.9 Å². The summed E-state index contributed by atoms with van der Waals surface area (Å²) in [6.45, 7) is 2.20. The highest BCUT2D eigenvalue weighted by Gasteiger charge is 2.10. The molecule has 0 fully saturated rings. The van der Waals surface area contributed by atoms with Gasteiger partial charge in [0.05, 0.1) is 6.10 Å². The quantitative estimate of drug-likeness (QED) is 0.815. The number of hydrogen-bond acceptors (Lipinski definition) is 2. The Morgan fingerprint density at radius 2 is 1.84 bits per heavy atom. The highest BCUT2D eigenvalue weighted by molar-refractivity contribution is 9.10. The van der Waals surface area contributed by atoms with Crippen LogP contribution in [-0.2, 0) is 6.61 Å². The minimum Gasteiger partial charge on any atom is -0.488 e. The molecule has 0 aromatic heterocycles. The van der Waals surface area contributed by atoms with Crippen LogP contribution in [0.5, 0.6) is 5.75 Å². The highest BCUT2D eigenvalue weighted by Crippen LogP contribution is 2.29. The summed E-state index contributed by atoms with van der Waals surface area (Å²) >= 11 is 6.85. The zero-order chi connectivity index (χ0) is 13.8. The molecule has 0 bridgehead atoms. The van der Waals surface area contributed by atoms with Crippen molar-refractivity contribution in [2.75, 3.05) is 0 Å². The molecule has 0 aliphatic carbocycles. The Bertz CT molecular complexity index is 568. The largest absolute Gasteiger partial charge is 0.488 e. The lowest BCUT2D eigenvalue weighted by Crippen LogP contribution is -2.01. The fraction of sp³-hybridized carbons (Fsp3) is 0.200. The van der Waals surface area contributed by atoms with E-state index in [9.17, 15) is 5.11 Å². The van der Waals surface area contributed by atoms with Crippen molar-refractivity contribution in [2.45, 2.75) is 19.6 Å². The van der Waals surface area contributed by atoms with Gasteiger partial charge in [0.2, 0.25) is 0 Å². The fourth-order valence-electron chi connectivity index (χ4n) is 1.77. The molecule has 19 heavy (non-hydrogen) atoms. The summed E-state index contributed by atoms with van der Waals surface area (Å²) in [6.07, 6.45) is -0.550. The number of benzene rings is 2. The van der Waals surface area contributed by atoms with Crippen molar-refractivity contribution < 1.29 is 9.84 Å². The molecule has 0 radical (unpaired) electrons. The number of hydrogen-bond donors (Lipinski definition) is 1. The monoisotopic (exact) mass is 384 g/mol. The molecular weight excluding hydrogens is 372 g/mol. The van der Waals surface area contributed by atoms with Crippen LogP contribution in [0.2, 0.25) is 0 Å². The molecule has 0 amide bonds. The molecule has 0 saturated carbocycles. The molecule has 0 saturated heterocycles. The van der Waals surface area contributed by atoms with Gasteiger partial charge < -0.3 is 9.84 Å². The van der Waals surface area contributed by atoms with Gasteiger partial charge in [-0.05, 0) is 36.8 Å². The molecule has 0 aliphatic rings. The average Bonchev–Trinajstić information content (AvgIpc) is 2.36. The summed E-state index contributed by atoms with van der Waals surface area (Å²) in [6, 6.07) is 13.6. The lowest BCUT2D eigenvalue weighted by molar-refractivity contribution is 0.190. The Kier molecular flexibility index (Phi) is 5.02. The van der Waals surface area contributed by atoms with Gasteiger partial charge in [-0.15, -0.1) is 0 Å². The van der Waals surface area contributed by atoms with Crippen molar-refractivity contribution in [1.29, 1.82) is 0 Å². The first-order valence-corrected chi connectivity index (χ1v) is 7.49. The van der Waals surface area contributed by atoms with Gasteiger partial charge >= 0.3 is 0 Å². The van der Waals surface area contributed by atoms with E-state index in [4.69, 9.17) is 4.74 Å². The van der Waals surface area contributed by atoms with Gasteiger partial charge in [0.15, 0.2) is 0 Å². The van der Waals surface area contributed by atoms with E-state index < -0.39 is 6.10 Å². The molecule has 2 nitrogen and oxygen atoms in total. The third-order valence-corrected chi connectivity index (χ3v) is 3.70. The Balaban J connectivity index is 2.17. The van der Waals surface area contributed by atoms with Crippen molar-refractivity contribution in [3.8, 4) is 5.75 Å². The third-order valence-electron chi connectivity index (χ3n) is 2.71. The van der Waals surface area contributed by atoms with E-state index in [1.54, 1.807) is 6.92 Å². The SMILES string of the molecule is C[C@H](O)c1ccc(Br)cc1OCc1cccc(Br)c1. The van der Waals surface area contributed by atoms with Crippen LogP contribution in [0.15, 0.2) is 51.4 Å². The van der Waals surface area contributed by atoms with Crippen LogP contribution in [-0.4, -0.2) is 5.11 Å². The van der Waals surface area contributed by atoms with Crippen molar-refractivity contribution in [1.82, 2.24) is 0 Å². The molecule has 0 heterocycles. The average molecular weight is 386 g/mol. The predicted molar refractivity (Wildman–Crippen MR) is 83.2 cm³/mol. The van der Waals surface area contributed by atoms with Crippen LogP contribution in [0.25, 0.3) is 0 Å². The first kappa shape index (κ1) is 14.6. The second-order valence-corrected chi connectivity index (χ2v) is 6.11. The maximum Gasteiger partial charge on any atom is 0.126 e.